The van der Waals surface area contributed by atoms with Crippen LogP contribution in [0.4, 0.5) is 0 Å². The summed E-state index contributed by atoms with van der Waals surface area (Å²) in [6, 6.07) is 9.20. The van der Waals surface area contributed by atoms with Crippen molar-refractivity contribution in [1.82, 2.24) is 20.1 Å². The zero-order valence-electron chi connectivity index (χ0n) is 16.2. The lowest BCUT2D eigenvalue weighted by atomic mass is 10.1. The summed E-state index contributed by atoms with van der Waals surface area (Å²) in [6.45, 7) is 1.10. The van der Waals surface area contributed by atoms with Gasteiger partial charge in [-0.05, 0) is 39.7 Å². The summed E-state index contributed by atoms with van der Waals surface area (Å²) in [6.07, 6.45) is 2.01. The Balaban J connectivity index is 1.91. The molecular formula is C19H25BrN6O2. The Morgan fingerprint density at radius 1 is 1.25 bits per heavy atom. The molecule has 4 N–H and O–H groups in total. The SMILES string of the molecule is CN=C(NCc1ccc(C(=O)NCC(N)=O)cc1)N(C)Cc1cc(Br)cn1C. The van der Waals surface area contributed by atoms with Crippen molar-refractivity contribution in [3.63, 3.8) is 0 Å². The summed E-state index contributed by atoms with van der Waals surface area (Å²) in [7, 11) is 5.72. The van der Waals surface area contributed by atoms with Gasteiger partial charge in [-0.25, -0.2) is 0 Å². The summed E-state index contributed by atoms with van der Waals surface area (Å²) in [5, 5.41) is 5.78. The van der Waals surface area contributed by atoms with Crippen molar-refractivity contribution in [3.05, 3.63) is 57.8 Å². The molecule has 0 atom stereocenters. The molecule has 2 rings (SSSR count). The van der Waals surface area contributed by atoms with Gasteiger partial charge in [0.1, 0.15) is 0 Å². The molecule has 2 aromatic rings. The Morgan fingerprint density at radius 3 is 2.46 bits per heavy atom. The predicted octanol–water partition coefficient (Wildman–Crippen LogP) is 1.21. The Bertz CT molecular complexity index is 860. The zero-order valence-corrected chi connectivity index (χ0v) is 17.8. The van der Waals surface area contributed by atoms with Crippen LogP contribution in [-0.2, 0) is 24.9 Å². The van der Waals surface area contributed by atoms with E-state index in [2.05, 4.69) is 42.2 Å². The molecule has 1 heterocycles. The molecule has 1 aromatic carbocycles. The fourth-order valence-electron chi connectivity index (χ4n) is 2.65. The summed E-state index contributed by atoms with van der Waals surface area (Å²) in [5.41, 5.74) is 7.66. The van der Waals surface area contributed by atoms with Crippen LogP contribution in [-0.4, -0.2) is 47.9 Å². The molecule has 0 fully saturated rings. The van der Waals surface area contributed by atoms with E-state index in [1.807, 2.05) is 37.3 Å². The number of nitrogens with one attached hydrogen (secondary N) is 2. The van der Waals surface area contributed by atoms with E-state index in [0.717, 1.165) is 21.7 Å². The maximum atomic E-state index is 11.9. The first-order valence-corrected chi connectivity index (χ1v) is 9.47. The number of aryl methyl sites for hydroxylation is 1. The number of carbonyl (C=O) groups excluding carboxylic acids is 2. The topological polar surface area (TPSA) is 105 Å². The van der Waals surface area contributed by atoms with E-state index in [-0.39, 0.29) is 12.5 Å². The Morgan fingerprint density at radius 2 is 1.93 bits per heavy atom. The Hall–Kier alpha value is -2.81. The van der Waals surface area contributed by atoms with E-state index in [0.29, 0.717) is 18.7 Å². The number of benzene rings is 1. The third-order valence-corrected chi connectivity index (χ3v) is 4.57. The van der Waals surface area contributed by atoms with Crippen LogP contribution >= 0.6 is 15.9 Å². The van der Waals surface area contributed by atoms with Crippen molar-refractivity contribution in [1.29, 1.82) is 0 Å². The number of aliphatic imine (C=N–C) groups is 1. The molecule has 8 nitrogen and oxygen atoms in total. The number of nitrogens with two attached hydrogens (primary N) is 1. The minimum atomic E-state index is -0.577. The molecule has 0 saturated heterocycles. The second-order valence-corrected chi connectivity index (χ2v) is 7.28. The lowest BCUT2D eigenvalue weighted by molar-refractivity contribution is -0.117. The summed E-state index contributed by atoms with van der Waals surface area (Å²) in [5.74, 6) is -0.143. The largest absolute Gasteiger partial charge is 0.368 e. The molecule has 0 aliphatic heterocycles. The average Bonchev–Trinajstić information content (AvgIpc) is 2.97. The van der Waals surface area contributed by atoms with Crippen LogP contribution in [0.15, 0.2) is 46.0 Å². The highest BCUT2D eigenvalue weighted by Crippen LogP contribution is 2.15. The molecule has 0 spiro atoms. The highest BCUT2D eigenvalue weighted by Gasteiger charge is 2.10. The summed E-state index contributed by atoms with van der Waals surface area (Å²) < 4.78 is 3.11. The number of nitrogens with zero attached hydrogens (tertiary/aromatic N) is 3. The Kier molecular flexibility index (Phi) is 7.62. The minimum absolute atomic E-state index is 0.178. The van der Waals surface area contributed by atoms with E-state index in [1.165, 1.54) is 0 Å². The lowest BCUT2D eigenvalue weighted by Crippen LogP contribution is -2.38. The molecule has 0 unspecified atom stereocenters. The number of carbonyl (C=O) groups is 2. The standard InChI is InChI=1S/C19H25BrN6O2/c1-22-19(26(3)12-16-8-15(20)11-25(16)2)24-9-13-4-6-14(7-5-13)18(28)23-10-17(21)27/h4-8,11H,9-10,12H2,1-3H3,(H2,21,27)(H,22,24)(H,23,28). The number of guanidine groups is 1. The Labute approximate surface area is 172 Å². The van der Waals surface area contributed by atoms with E-state index in [1.54, 1.807) is 19.2 Å². The van der Waals surface area contributed by atoms with Crippen LogP contribution in [0.25, 0.3) is 0 Å². The van der Waals surface area contributed by atoms with Crippen molar-refractivity contribution in [3.8, 4) is 0 Å². The van der Waals surface area contributed by atoms with E-state index in [4.69, 9.17) is 5.73 Å². The first kappa shape index (κ1) is 21.5. The van der Waals surface area contributed by atoms with Crippen LogP contribution < -0.4 is 16.4 Å². The van der Waals surface area contributed by atoms with Crippen molar-refractivity contribution in [2.24, 2.45) is 17.8 Å². The van der Waals surface area contributed by atoms with Gasteiger partial charge in [-0.2, -0.15) is 0 Å². The van der Waals surface area contributed by atoms with Gasteiger partial charge in [-0.3, -0.25) is 14.6 Å². The third-order valence-electron chi connectivity index (χ3n) is 4.14. The van der Waals surface area contributed by atoms with Crippen LogP contribution in [0.3, 0.4) is 0 Å². The van der Waals surface area contributed by atoms with Crippen molar-refractivity contribution in [2.45, 2.75) is 13.1 Å². The van der Waals surface area contributed by atoms with Crippen LogP contribution in [0.2, 0.25) is 0 Å². The van der Waals surface area contributed by atoms with Crippen LogP contribution in [0, 0.1) is 0 Å². The molecule has 9 heteroatoms. The monoisotopic (exact) mass is 448 g/mol. The van der Waals surface area contributed by atoms with Gasteiger partial charge < -0.3 is 25.8 Å². The van der Waals surface area contributed by atoms with Crippen molar-refractivity contribution >= 4 is 33.7 Å². The number of halogens is 1. The number of primary amides is 1. The van der Waals surface area contributed by atoms with Gasteiger partial charge in [-0.1, -0.05) is 12.1 Å². The van der Waals surface area contributed by atoms with Gasteiger partial charge in [0.2, 0.25) is 5.91 Å². The first-order valence-electron chi connectivity index (χ1n) is 8.68. The molecule has 2 amide bonds. The smallest absolute Gasteiger partial charge is 0.251 e. The average molecular weight is 449 g/mol. The fourth-order valence-corrected chi connectivity index (χ4v) is 3.22. The molecule has 28 heavy (non-hydrogen) atoms. The molecule has 0 radical (unpaired) electrons. The zero-order chi connectivity index (χ0) is 20.7. The minimum Gasteiger partial charge on any atom is -0.368 e. The number of rotatable bonds is 7. The molecule has 150 valence electrons. The molecule has 0 saturated carbocycles. The van der Waals surface area contributed by atoms with E-state index < -0.39 is 5.91 Å². The van der Waals surface area contributed by atoms with E-state index >= 15 is 0 Å². The maximum absolute atomic E-state index is 11.9. The van der Waals surface area contributed by atoms with Crippen molar-refractivity contribution in [2.75, 3.05) is 20.6 Å². The lowest BCUT2D eigenvalue weighted by Gasteiger charge is -2.22. The van der Waals surface area contributed by atoms with Crippen molar-refractivity contribution < 1.29 is 9.59 Å². The highest BCUT2D eigenvalue weighted by molar-refractivity contribution is 9.10. The number of amides is 2. The normalized spacial score (nSPS) is 11.2. The summed E-state index contributed by atoms with van der Waals surface area (Å²) >= 11 is 3.48. The quantitative estimate of drug-likeness (QED) is 0.437. The van der Waals surface area contributed by atoms with Gasteiger partial charge in [0, 0.05) is 49.6 Å². The van der Waals surface area contributed by atoms with Crippen LogP contribution in [0.5, 0.6) is 0 Å². The van der Waals surface area contributed by atoms with Gasteiger partial charge >= 0.3 is 0 Å². The second-order valence-electron chi connectivity index (χ2n) is 6.36. The predicted molar refractivity (Wildman–Crippen MR) is 113 cm³/mol. The molecule has 0 aliphatic carbocycles. The van der Waals surface area contributed by atoms with E-state index in [9.17, 15) is 9.59 Å². The van der Waals surface area contributed by atoms with Gasteiger partial charge in [0.15, 0.2) is 5.96 Å². The van der Waals surface area contributed by atoms with Gasteiger partial charge in [0.25, 0.3) is 5.91 Å². The van der Waals surface area contributed by atoms with Gasteiger partial charge in [0.05, 0.1) is 13.1 Å². The van der Waals surface area contributed by atoms with Crippen LogP contribution in [0.1, 0.15) is 21.6 Å². The summed E-state index contributed by atoms with van der Waals surface area (Å²) in [4.78, 5) is 29.0. The third kappa shape index (κ3) is 6.12. The molecule has 0 bridgehead atoms. The maximum Gasteiger partial charge on any atom is 0.251 e. The number of aromatic nitrogens is 1. The number of hydrogen-bond acceptors (Lipinski definition) is 3. The molecule has 1 aromatic heterocycles. The molecular weight excluding hydrogens is 424 g/mol. The van der Waals surface area contributed by atoms with Gasteiger partial charge in [-0.15, -0.1) is 0 Å². The first-order chi connectivity index (χ1) is 13.3. The number of hydrogen-bond donors (Lipinski definition) is 3. The second kappa shape index (κ2) is 9.93. The fraction of sp³-hybridized carbons (Fsp3) is 0.316. The molecule has 0 aliphatic rings. The highest BCUT2D eigenvalue weighted by atomic mass is 79.9.